The molecule has 0 radical (unpaired) electrons. The topological polar surface area (TPSA) is 46.6 Å². The van der Waals surface area contributed by atoms with Crippen molar-refractivity contribution < 1.29 is 0 Å². The first-order chi connectivity index (χ1) is 9.26. The lowest BCUT2D eigenvalue weighted by molar-refractivity contribution is 0.207. The number of piperidine rings is 1. The Morgan fingerprint density at radius 1 is 1.47 bits per heavy atom. The van der Waals surface area contributed by atoms with Crippen LogP contribution in [0.3, 0.4) is 0 Å². The number of aromatic nitrogens is 2. The first-order valence-corrected chi connectivity index (χ1v) is 7.10. The molecule has 1 unspecified atom stereocenters. The van der Waals surface area contributed by atoms with Gasteiger partial charge in [0.2, 0.25) is 0 Å². The van der Waals surface area contributed by atoms with Crippen molar-refractivity contribution in [3.05, 3.63) is 35.9 Å². The number of nitrogens with zero attached hydrogens (tertiary/aromatic N) is 3. The minimum Gasteiger partial charge on any atom is -0.326 e. The highest BCUT2D eigenvalue weighted by atomic mass is 15.1. The Hall–Kier alpha value is -1.39. The fourth-order valence-electron chi connectivity index (χ4n) is 3.08. The smallest absolute Gasteiger partial charge is 0.113 e. The fraction of sp³-hybridized carbons (Fsp3) is 0.533. The second kappa shape index (κ2) is 5.31. The van der Waals surface area contributed by atoms with Crippen molar-refractivity contribution in [1.29, 1.82) is 0 Å². The summed E-state index contributed by atoms with van der Waals surface area (Å²) in [4.78, 5) is 7.02. The van der Waals surface area contributed by atoms with Gasteiger partial charge in [-0.25, -0.2) is 4.98 Å². The van der Waals surface area contributed by atoms with E-state index in [-0.39, 0.29) is 0 Å². The van der Waals surface area contributed by atoms with E-state index >= 15 is 0 Å². The summed E-state index contributed by atoms with van der Waals surface area (Å²) in [6.45, 7) is 3.01. The molecule has 2 N–H and O–H groups in total. The largest absolute Gasteiger partial charge is 0.326 e. The molecule has 0 spiro atoms. The van der Waals surface area contributed by atoms with Crippen LogP contribution in [0.25, 0.3) is 5.52 Å². The summed E-state index contributed by atoms with van der Waals surface area (Å²) in [6, 6.07) is 4.22. The molecule has 102 valence electrons. The van der Waals surface area contributed by atoms with Crippen molar-refractivity contribution in [2.24, 2.45) is 11.7 Å². The lowest BCUT2D eigenvalue weighted by Crippen LogP contribution is -2.33. The molecule has 1 aliphatic heterocycles. The summed E-state index contributed by atoms with van der Waals surface area (Å²) >= 11 is 0. The standard InChI is InChI=1S/C15H22N4/c1-18-5-2-3-13(11-18)8-15-17-10-14-7-12(9-16)4-6-19(14)15/h4,6-7,10,13H,2-3,5,8-9,11,16H2,1H3. The average molecular weight is 258 g/mol. The Morgan fingerprint density at radius 3 is 3.16 bits per heavy atom. The van der Waals surface area contributed by atoms with Gasteiger partial charge in [0.1, 0.15) is 5.82 Å². The predicted molar refractivity (Wildman–Crippen MR) is 77.0 cm³/mol. The first-order valence-electron chi connectivity index (χ1n) is 7.10. The molecule has 0 amide bonds. The zero-order chi connectivity index (χ0) is 13.2. The number of hydrogen-bond acceptors (Lipinski definition) is 3. The van der Waals surface area contributed by atoms with Gasteiger partial charge >= 0.3 is 0 Å². The highest BCUT2D eigenvalue weighted by Crippen LogP contribution is 2.20. The Labute approximate surface area is 114 Å². The number of likely N-dealkylation sites (tertiary alicyclic amines) is 1. The van der Waals surface area contributed by atoms with Crippen LogP contribution >= 0.6 is 0 Å². The van der Waals surface area contributed by atoms with E-state index in [9.17, 15) is 0 Å². The Balaban J connectivity index is 1.81. The second-order valence-corrected chi connectivity index (χ2v) is 5.68. The summed E-state index contributed by atoms with van der Waals surface area (Å²) in [5, 5.41) is 0. The van der Waals surface area contributed by atoms with E-state index in [4.69, 9.17) is 5.73 Å². The van der Waals surface area contributed by atoms with Gasteiger partial charge in [-0.1, -0.05) is 0 Å². The summed E-state index contributed by atoms with van der Waals surface area (Å²) in [7, 11) is 2.21. The third-order valence-electron chi connectivity index (χ3n) is 4.10. The lowest BCUT2D eigenvalue weighted by atomic mass is 9.95. The summed E-state index contributed by atoms with van der Waals surface area (Å²) in [6.07, 6.45) is 7.76. The summed E-state index contributed by atoms with van der Waals surface area (Å²) in [5.74, 6) is 1.91. The van der Waals surface area contributed by atoms with E-state index in [1.54, 1.807) is 0 Å². The van der Waals surface area contributed by atoms with Crippen molar-refractivity contribution in [3.63, 3.8) is 0 Å². The van der Waals surface area contributed by atoms with E-state index in [2.05, 4.69) is 39.7 Å². The third-order valence-corrected chi connectivity index (χ3v) is 4.10. The predicted octanol–water partition coefficient (Wildman–Crippen LogP) is 1.68. The van der Waals surface area contributed by atoms with Crippen LogP contribution in [0.15, 0.2) is 24.5 Å². The Kier molecular flexibility index (Phi) is 3.53. The van der Waals surface area contributed by atoms with Crippen LogP contribution in [0.2, 0.25) is 0 Å². The SMILES string of the molecule is CN1CCCC(Cc2ncc3cc(CN)ccn23)C1. The maximum absolute atomic E-state index is 5.68. The summed E-state index contributed by atoms with van der Waals surface area (Å²) < 4.78 is 2.20. The quantitative estimate of drug-likeness (QED) is 0.911. The van der Waals surface area contributed by atoms with Crippen LogP contribution in [-0.2, 0) is 13.0 Å². The molecular formula is C15H22N4. The summed E-state index contributed by atoms with van der Waals surface area (Å²) in [5.41, 5.74) is 8.00. The van der Waals surface area contributed by atoms with Crippen LogP contribution in [-0.4, -0.2) is 34.4 Å². The van der Waals surface area contributed by atoms with Crippen molar-refractivity contribution in [2.45, 2.75) is 25.8 Å². The highest BCUT2D eigenvalue weighted by Gasteiger charge is 2.19. The molecule has 0 aromatic carbocycles. The molecule has 1 saturated heterocycles. The van der Waals surface area contributed by atoms with Gasteiger partial charge < -0.3 is 15.0 Å². The van der Waals surface area contributed by atoms with Crippen molar-refractivity contribution in [2.75, 3.05) is 20.1 Å². The minimum absolute atomic E-state index is 0.588. The van der Waals surface area contributed by atoms with Gasteiger partial charge in [0.15, 0.2) is 0 Å². The van der Waals surface area contributed by atoms with Crippen LogP contribution in [0.5, 0.6) is 0 Å². The number of fused-ring (bicyclic) bond motifs is 1. The molecule has 4 nitrogen and oxygen atoms in total. The van der Waals surface area contributed by atoms with Crippen LogP contribution in [0, 0.1) is 5.92 Å². The van der Waals surface area contributed by atoms with E-state index in [1.807, 2.05) is 6.20 Å². The molecule has 3 rings (SSSR count). The monoisotopic (exact) mass is 258 g/mol. The molecule has 1 aliphatic rings. The van der Waals surface area contributed by atoms with Gasteiger partial charge in [-0.3, -0.25) is 0 Å². The zero-order valence-corrected chi connectivity index (χ0v) is 11.5. The third kappa shape index (κ3) is 2.65. The van der Waals surface area contributed by atoms with Gasteiger partial charge in [-0.05, 0) is 50.0 Å². The molecule has 0 saturated carbocycles. The number of pyridine rings is 1. The highest BCUT2D eigenvalue weighted by molar-refractivity contribution is 5.48. The fourth-order valence-corrected chi connectivity index (χ4v) is 3.08. The number of rotatable bonds is 3. The maximum atomic E-state index is 5.68. The van der Waals surface area contributed by atoms with Gasteiger partial charge in [-0.15, -0.1) is 0 Å². The van der Waals surface area contributed by atoms with Gasteiger partial charge in [0, 0.05) is 25.7 Å². The average Bonchev–Trinajstić information content (AvgIpc) is 2.81. The molecule has 0 aliphatic carbocycles. The van der Waals surface area contributed by atoms with Crippen LogP contribution < -0.4 is 5.73 Å². The van der Waals surface area contributed by atoms with E-state index in [0.717, 1.165) is 23.4 Å². The van der Waals surface area contributed by atoms with Crippen LogP contribution in [0.4, 0.5) is 0 Å². The van der Waals surface area contributed by atoms with E-state index in [0.29, 0.717) is 6.54 Å². The second-order valence-electron chi connectivity index (χ2n) is 5.68. The van der Waals surface area contributed by atoms with Crippen molar-refractivity contribution in [3.8, 4) is 0 Å². The number of nitrogens with two attached hydrogens (primary N) is 1. The molecule has 2 aromatic rings. The molecule has 4 heteroatoms. The van der Waals surface area contributed by atoms with Gasteiger partial charge in [0.05, 0.1) is 11.7 Å². The Morgan fingerprint density at radius 2 is 2.37 bits per heavy atom. The minimum atomic E-state index is 0.588. The number of imidazole rings is 1. The normalized spacial score (nSPS) is 21.1. The molecule has 1 fully saturated rings. The zero-order valence-electron chi connectivity index (χ0n) is 11.5. The number of hydrogen-bond donors (Lipinski definition) is 1. The first kappa shape index (κ1) is 12.6. The molecule has 19 heavy (non-hydrogen) atoms. The molecule has 0 bridgehead atoms. The molecule has 3 heterocycles. The van der Waals surface area contributed by atoms with Crippen molar-refractivity contribution in [1.82, 2.24) is 14.3 Å². The van der Waals surface area contributed by atoms with Gasteiger partial charge in [0.25, 0.3) is 0 Å². The Bertz CT molecular complexity index is 560. The maximum Gasteiger partial charge on any atom is 0.113 e. The lowest BCUT2D eigenvalue weighted by Gasteiger charge is -2.29. The van der Waals surface area contributed by atoms with E-state index in [1.165, 1.54) is 31.8 Å². The van der Waals surface area contributed by atoms with Gasteiger partial charge in [-0.2, -0.15) is 0 Å². The van der Waals surface area contributed by atoms with E-state index < -0.39 is 0 Å². The molecular weight excluding hydrogens is 236 g/mol. The molecule has 1 atom stereocenters. The van der Waals surface area contributed by atoms with Crippen LogP contribution in [0.1, 0.15) is 24.2 Å². The van der Waals surface area contributed by atoms with Crippen molar-refractivity contribution >= 4 is 5.52 Å². The molecule has 2 aromatic heterocycles.